The fourth-order valence-corrected chi connectivity index (χ4v) is 4.03. The molecule has 3 aromatic rings. The van der Waals surface area contributed by atoms with Crippen molar-refractivity contribution in [3.05, 3.63) is 57.9 Å². The maximum absolute atomic E-state index is 6.21. The molecule has 0 atom stereocenters. The predicted octanol–water partition coefficient (Wildman–Crippen LogP) is 6.78. The first-order valence-corrected chi connectivity index (χ1v) is 10.1. The number of aromatic nitrogens is 1. The fraction of sp³-hybridized carbons (Fsp3) is 0.200. The van der Waals surface area contributed by atoms with E-state index in [1.165, 1.54) is 12.8 Å². The third-order valence-corrected chi connectivity index (χ3v) is 5.81. The summed E-state index contributed by atoms with van der Waals surface area (Å²) in [5.41, 5.74) is 4.11. The lowest BCUT2D eigenvalue weighted by Gasteiger charge is -2.11. The Morgan fingerprint density at radius 2 is 1.81 bits per heavy atom. The predicted molar refractivity (Wildman–Crippen MR) is 113 cm³/mol. The van der Waals surface area contributed by atoms with Gasteiger partial charge in [0, 0.05) is 23.9 Å². The lowest BCUT2D eigenvalue weighted by Crippen LogP contribution is -2.15. The van der Waals surface area contributed by atoms with E-state index in [4.69, 9.17) is 28.2 Å². The normalized spacial score (nSPS) is 14.2. The highest BCUT2D eigenvalue weighted by atomic mass is 35.5. The van der Waals surface area contributed by atoms with Crippen LogP contribution in [0.5, 0.6) is 0 Å². The van der Waals surface area contributed by atoms with Crippen LogP contribution in [0.4, 0.5) is 5.13 Å². The molecule has 3 nitrogen and oxygen atoms in total. The zero-order chi connectivity index (χ0) is 17.9. The Labute approximate surface area is 166 Å². The number of nitrogens with zero attached hydrogens (tertiary/aromatic N) is 2. The van der Waals surface area contributed by atoms with E-state index < -0.39 is 0 Å². The van der Waals surface area contributed by atoms with Crippen molar-refractivity contribution in [2.24, 2.45) is 4.99 Å². The summed E-state index contributed by atoms with van der Waals surface area (Å²) in [6, 6.07) is 13.9. The molecule has 0 saturated heterocycles. The number of amidine groups is 1. The second kappa shape index (κ2) is 7.78. The Bertz CT molecular complexity index is 965. The van der Waals surface area contributed by atoms with Gasteiger partial charge in [-0.3, -0.25) is 4.99 Å². The van der Waals surface area contributed by atoms with Crippen molar-refractivity contribution in [1.82, 2.24) is 4.98 Å². The molecule has 0 spiro atoms. The number of halogens is 2. The quantitative estimate of drug-likeness (QED) is 0.524. The average Bonchev–Trinajstić information content (AvgIpc) is 3.13. The molecule has 2 aromatic carbocycles. The minimum absolute atomic E-state index is 0.551. The van der Waals surface area contributed by atoms with Crippen molar-refractivity contribution in [3.8, 4) is 22.4 Å². The van der Waals surface area contributed by atoms with Gasteiger partial charge in [0.15, 0.2) is 5.13 Å². The van der Waals surface area contributed by atoms with Crippen LogP contribution < -0.4 is 5.32 Å². The molecule has 1 N–H and O–H groups in total. The smallest absolute Gasteiger partial charge is 0.188 e. The molecular weight excluding hydrogens is 385 g/mol. The van der Waals surface area contributed by atoms with Crippen molar-refractivity contribution >= 4 is 45.5 Å². The largest absolute Gasteiger partial charge is 0.320 e. The lowest BCUT2D eigenvalue weighted by molar-refractivity contribution is 0.737. The number of rotatable bonds is 3. The summed E-state index contributed by atoms with van der Waals surface area (Å²) in [5.74, 6) is 1.04. The summed E-state index contributed by atoms with van der Waals surface area (Å²) >= 11 is 13.9. The summed E-state index contributed by atoms with van der Waals surface area (Å²) < 4.78 is 0. The third-order valence-electron chi connectivity index (χ3n) is 4.31. The number of thiazole rings is 1. The van der Waals surface area contributed by atoms with E-state index in [2.05, 4.69) is 27.8 Å². The van der Waals surface area contributed by atoms with E-state index in [-0.39, 0.29) is 0 Å². The van der Waals surface area contributed by atoms with Crippen LogP contribution in [0.15, 0.2) is 52.8 Å². The number of hydrogen-bond acceptors (Lipinski definition) is 4. The first kappa shape index (κ1) is 17.5. The van der Waals surface area contributed by atoms with E-state index in [1.807, 2.05) is 30.3 Å². The Morgan fingerprint density at radius 1 is 0.962 bits per heavy atom. The van der Waals surface area contributed by atoms with Gasteiger partial charge < -0.3 is 5.32 Å². The number of benzene rings is 2. The molecule has 0 unspecified atom stereocenters. The molecule has 1 aliphatic rings. The van der Waals surface area contributed by atoms with Crippen LogP contribution in [0.1, 0.15) is 19.3 Å². The molecule has 6 heteroatoms. The van der Waals surface area contributed by atoms with E-state index in [0.29, 0.717) is 10.0 Å². The molecule has 0 aliphatic carbocycles. The molecule has 0 bridgehead atoms. The highest BCUT2D eigenvalue weighted by molar-refractivity contribution is 7.14. The van der Waals surface area contributed by atoms with Crippen LogP contribution >= 0.6 is 34.5 Å². The molecule has 1 aliphatic heterocycles. The molecule has 2 heterocycles. The third kappa shape index (κ3) is 3.78. The average molecular weight is 402 g/mol. The summed E-state index contributed by atoms with van der Waals surface area (Å²) in [6.45, 7) is 0.903. The van der Waals surface area contributed by atoms with Gasteiger partial charge in [-0.05, 0) is 36.1 Å². The van der Waals surface area contributed by atoms with Gasteiger partial charge in [0.25, 0.3) is 0 Å². The Hall–Kier alpha value is -1.88. The molecule has 0 radical (unpaired) electrons. The number of hydrogen-bond donors (Lipinski definition) is 1. The lowest BCUT2D eigenvalue weighted by atomic mass is 9.98. The second-order valence-electron chi connectivity index (χ2n) is 6.12. The Balaban J connectivity index is 1.66. The molecule has 26 heavy (non-hydrogen) atoms. The minimum Gasteiger partial charge on any atom is -0.320 e. The highest BCUT2D eigenvalue weighted by Crippen LogP contribution is 2.36. The zero-order valence-electron chi connectivity index (χ0n) is 14.0. The zero-order valence-corrected chi connectivity index (χ0v) is 16.3. The first-order valence-electron chi connectivity index (χ1n) is 8.51. The summed E-state index contributed by atoms with van der Waals surface area (Å²) in [7, 11) is 0. The summed E-state index contributed by atoms with van der Waals surface area (Å²) in [4.78, 5) is 9.30. The van der Waals surface area contributed by atoms with Crippen LogP contribution in [-0.4, -0.2) is 17.4 Å². The number of nitrogens with one attached hydrogen (secondary N) is 1. The van der Waals surface area contributed by atoms with E-state index >= 15 is 0 Å². The standard InChI is InChI=1S/C20H17Cl2N3S/c21-16-9-8-13(11-17(16)22)14-5-1-2-6-15(14)18-12-26-20(24-18)25-19-7-3-4-10-23-19/h1-2,5-6,8-9,11-12H,3-4,7,10H2,(H,23,24,25). The van der Waals surface area contributed by atoms with Crippen molar-refractivity contribution in [3.63, 3.8) is 0 Å². The molecular formula is C20H17Cl2N3S. The molecule has 0 fully saturated rings. The topological polar surface area (TPSA) is 37.3 Å². The van der Waals surface area contributed by atoms with Crippen LogP contribution in [0, 0.1) is 0 Å². The van der Waals surface area contributed by atoms with Gasteiger partial charge in [0.05, 0.1) is 15.7 Å². The second-order valence-corrected chi connectivity index (χ2v) is 7.80. The van der Waals surface area contributed by atoms with Gasteiger partial charge in [-0.1, -0.05) is 53.5 Å². The van der Waals surface area contributed by atoms with Gasteiger partial charge in [-0.25, -0.2) is 4.98 Å². The monoisotopic (exact) mass is 401 g/mol. The van der Waals surface area contributed by atoms with Crippen molar-refractivity contribution < 1.29 is 0 Å². The maximum Gasteiger partial charge on any atom is 0.188 e. The molecule has 132 valence electrons. The van der Waals surface area contributed by atoms with Gasteiger partial charge in [-0.15, -0.1) is 11.3 Å². The molecule has 4 rings (SSSR count). The SMILES string of the molecule is Clc1ccc(-c2ccccc2-c2csc(NC3=NCCCC3)n2)cc1Cl. The summed E-state index contributed by atoms with van der Waals surface area (Å²) in [5, 5.41) is 7.42. The van der Waals surface area contributed by atoms with E-state index in [1.54, 1.807) is 11.3 Å². The summed E-state index contributed by atoms with van der Waals surface area (Å²) in [6.07, 6.45) is 3.35. The van der Waals surface area contributed by atoms with Gasteiger partial charge in [0.1, 0.15) is 5.84 Å². The van der Waals surface area contributed by atoms with Crippen molar-refractivity contribution in [2.45, 2.75) is 19.3 Å². The van der Waals surface area contributed by atoms with Crippen LogP contribution in [0.3, 0.4) is 0 Å². The Morgan fingerprint density at radius 3 is 2.58 bits per heavy atom. The molecule has 0 amide bonds. The van der Waals surface area contributed by atoms with Gasteiger partial charge in [0.2, 0.25) is 0 Å². The molecule has 0 saturated carbocycles. The number of anilines is 1. The van der Waals surface area contributed by atoms with E-state index in [9.17, 15) is 0 Å². The van der Waals surface area contributed by atoms with Crippen molar-refractivity contribution in [1.29, 1.82) is 0 Å². The fourth-order valence-electron chi connectivity index (χ4n) is 3.00. The van der Waals surface area contributed by atoms with Crippen LogP contribution in [0.25, 0.3) is 22.4 Å². The number of aliphatic imine (C=N–C) groups is 1. The minimum atomic E-state index is 0.551. The van der Waals surface area contributed by atoms with Crippen LogP contribution in [-0.2, 0) is 0 Å². The van der Waals surface area contributed by atoms with Crippen LogP contribution in [0.2, 0.25) is 10.0 Å². The highest BCUT2D eigenvalue weighted by Gasteiger charge is 2.13. The Kier molecular flexibility index (Phi) is 5.25. The molecule has 1 aromatic heterocycles. The van der Waals surface area contributed by atoms with Crippen molar-refractivity contribution in [2.75, 3.05) is 11.9 Å². The maximum atomic E-state index is 6.21. The first-order chi connectivity index (χ1) is 12.7. The van der Waals surface area contributed by atoms with Gasteiger partial charge >= 0.3 is 0 Å². The van der Waals surface area contributed by atoms with E-state index in [0.717, 1.165) is 46.3 Å². The van der Waals surface area contributed by atoms with Gasteiger partial charge in [-0.2, -0.15) is 0 Å².